The zero-order valence-corrected chi connectivity index (χ0v) is 14.6. The molecule has 0 spiro atoms. The third kappa shape index (κ3) is 4.12. The number of amides is 2. The van der Waals surface area contributed by atoms with Gasteiger partial charge in [0.05, 0.1) is 12.6 Å². The monoisotopic (exact) mass is 346 g/mol. The third-order valence-electron chi connectivity index (χ3n) is 5.42. The standard InChI is InChI=1S/C19H26N2O4/c1-25-16-12-17(21(13-16)19(23)24)18(22)20-9-7-15(8-10-20)11-14-5-3-2-4-6-14/h2-6,15-17H,7-13H2,1H3,(H,23,24)/t16-,17+/m1/s1. The molecule has 2 fully saturated rings. The van der Waals surface area contributed by atoms with Crippen molar-refractivity contribution in [2.45, 2.75) is 37.8 Å². The maximum Gasteiger partial charge on any atom is 0.408 e. The summed E-state index contributed by atoms with van der Waals surface area (Å²) in [5.41, 5.74) is 1.34. The summed E-state index contributed by atoms with van der Waals surface area (Å²) in [6.07, 6.45) is 2.19. The van der Waals surface area contributed by atoms with E-state index < -0.39 is 12.1 Å². The molecule has 0 saturated carbocycles. The molecule has 0 aliphatic carbocycles. The minimum absolute atomic E-state index is 0.0693. The van der Waals surface area contributed by atoms with Gasteiger partial charge in [0.15, 0.2) is 0 Å². The number of carbonyl (C=O) groups is 2. The molecule has 1 N–H and O–H groups in total. The van der Waals surface area contributed by atoms with Crippen LogP contribution in [0.1, 0.15) is 24.8 Å². The minimum atomic E-state index is -1.04. The fourth-order valence-corrected chi connectivity index (χ4v) is 3.93. The highest BCUT2D eigenvalue weighted by molar-refractivity contribution is 5.86. The number of hydrogen-bond donors (Lipinski definition) is 1. The van der Waals surface area contributed by atoms with Crippen molar-refractivity contribution in [1.82, 2.24) is 9.80 Å². The van der Waals surface area contributed by atoms with Crippen LogP contribution in [-0.4, -0.2) is 65.8 Å². The molecule has 2 atom stereocenters. The molecule has 1 aromatic carbocycles. The summed E-state index contributed by atoms with van der Waals surface area (Å²) in [6.45, 7) is 1.68. The lowest BCUT2D eigenvalue weighted by Crippen LogP contribution is -2.49. The maximum atomic E-state index is 12.8. The van der Waals surface area contributed by atoms with Gasteiger partial charge in [-0.1, -0.05) is 30.3 Å². The molecule has 0 unspecified atom stereocenters. The fourth-order valence-electron chi connectivity index (χ4n) is 3.93. The van der Waals surface area contributed by atoms with Gasteiger partial charge in [0.2, 0.25) is 5.91 Å². The van der Waals surface area contributed by atoms with Gasteiger partial charge in [0.1, 0.15) is 6.04 Å². The Balaban J connectivity index is 1.55. The van der Waals surface area contributed by atoms with Crippen LogP contribution < -0.4 is 0 Å². The zero-order valence-electron chi connectivity index (χ0n) is 14.6. The van der Waals surface area contributed by atoms with E-state index in [-0.39, 0.29) is 18.6 Å². The first kappa shape index (κ1) is 17.7. The van der Waals surface area contributed by atoms with E-state index in [4.69, 9.17) is 4.74 Å². The molecule has 136 valence electrons. The number of ether oxygens (including phenoxy) is 1. The van der Waals surface area contributed by atoms with Crippen LogP contribution in [0.15, 0.2) is 30.3 Å². The largest absolute Gasteiger partial charge is 0.465 e. The van der Waals surface area contributed by atoms with E-state index in [1.54, 1.807) is 7.11 Å². The molecule has 25 heavy (non-hydrogen) atoms. The van der Waals surface area contributed by atoms with Crippen molar-refractivity contribution in [3.63, 3.8) is 0 Å². The lowest BCUT2D eigenvalue weighted by molar-refractivity contribution is -0.137. The molecule has 2 amide bonds. The topological polar surface area (TPSA) is 70.1 Å². The Hall–Kier alpha value is -2.08. The molecule has 3 rings (SSSR count). The van der Waals surface area contributed by atoms with Crippen LogP contribution in [0.5, 0.6) is 0 Å². The first-order valence-electron chi connectivity index (χ1n) is 8.93. The zero-order chi connectivity index (χ0) is 17.8. The summed E-state index contributed by atoms with van der Waals surface area (Å²) in [6, 6.07) is 9.82. The van der Waals surface area contributed by atoms with Crippen molar-refractivity contribution in [1.29, 1.82) is 0 Å². The quantitative estimate of drug-likeness (QED) is 0.908. The van der Waals surface area contributed by atoms with Crippen LogP contribution in [-0.2, 0) is 16.0 Å². The highest BCUT2D eigenvalue weighted by Gasteiger charge is 2.42. The summed E-state index contributed by atoms with van der Waals surface area (Å²) in [5, 5.41) is 9.35. The molecule has 6 nitrogen and oxygen atoms in total. The Morgan fingerprint density at radius 3 is 2.48 bits per heavy atom. The molecule has 0 bridgehead atoms. The molecular weight excluding hydrogens is 320 g/mol. The van der Waals surface area contributed by atoms with Gasteiger partial charge in [-0.25, -0.2) is 4.79 Å². The Bertz CT molecular complexity index is 599. The third-order valence-corrected chi connectivity index (χ3v) is 5.42. The van der Waals surface area contributed by atoms with Gasteiger partial charge in [0.25, 0.3) is 0 Å². The van der Waals surface area contributed by atoms with Gasteiger partial charge in [-0.3, -0.25) is 9.69 Å². The lowest BCUT2D eigenvalue weighted by Gasteiger charge is -2.35. The summed E-state index contributed by atoms with van der Waals surface area (Å²) >= 11 is 0. The van der Waals surface area contributed by atoms with Crippen molar-refractivity contribution in [2.75, 3.05) is 26.7 Å². The van der Waals surface area contributed by atoms with Crippen molar-refractivity contribution in [3.8, 4) is 0 Å². The predicted octanol–water partition coefficient (Wildman–Crippen LogP) is 2.24. The van der Waals surface area contributed by atoms with Crippen LogP contribution in [0.2, 0.25) is 0 Å². The number of rotatable bonds is 4. The first-order valence-corrected chi connectivity index (χ1v) is 8.93. The number of carboxylic acid groups (broad SMARTS) is 1. The van der Waals surface area contributed by atoms with Gasteiger partial charge in [0, 0.05) is 26.6 Å². The average Bonchev–Trinajstić information content (AvgIpc) is 3.07. The van der Waals surface area contributed by atoms with Gasteiger partial charge < -0.3 is 14.7 Å². The second-order valence-corrected chi connectivity index (χ2v) is 7.00. The molecule has 2 heterocycles. The molecule has 1 aromatic rings. The minimum Gasteiger partial charge on any atom is -0.465 e. The maximum absolute atomic E-state index is 12.8. The number of likely N-dealkylation sites (tertiary alicyclic amines) is 2. The lowest BCUT2D eigenvalue weighted by atomic mass is 9.90. The van der Waals surface area contributed by atoms with Crippen LogP contribution >= 0.6 is 0 Å². The average molecular weight is 346 g/mol. The van der Waals surface area contributed by atoms with Crippen LogP contribution in [0.25, 0.3) is 0 Å². The highest BCUT2D eigenvalue weighted by atomic mass is 16.5. The smallest absolute Gasteiger partial charge is 0.408 e. The normalized spacial score (nSPS) is 24.5. The Morgan fingerprint density at radius 2 is 1.88 bits per heavy atom. The molecule has 2 aliphatic heterocycles. The molecule has 0 aromatic heterocycles. The number of methoxy groups -OCH3 is 1. The fraction of sp³-hybridized carbons (Fsp3) is 0.579. The van der Waals surface area contributed by atoms with E-state index in [0.29, 0.717) is 25.4 Å². The summed E-state index contributed by atoms with van der Waals surface area (Å²) in [7, 11) is 1.56. The van der Waals surface area contributed by atoms with Gasteiger partial charge in [-0.2, -0.15) is 0 Å². The van der Waals surface area contributed by atoms with Gasteiger partial charge in [-0.15, -0.1) is 0 Å². The second-order valence-electron chi connectivity index (χ2n) is 7.00. The summed E-state index contributed by atoms with van der Waals surface area (Å²) < 4.78 is 5.27. The van der Waals surface area contributed by atoms with Crippen molar-refractivity contribution >= 4 is 12.0 Å². The van der Waals surface area contributed by atoms with Crippen molar-refractivity contribution in [2.24, 2.45) is 5.92 Å². The van der Waals surface area contributed by atoms with Gasteiger partial charge >= 0.3 is 6.09 Å². The molecule has 6 heteroatoms. The van der Waals surface area contributed by atoms with E-state index in [1.807, 2.05) is 11.0 Å². The summed E-state index contributed by atoms with van der Waals surface area (Å²) in [4.78, 5) is 27.3. The number of piperidine rings is 1. The SMILES string of the molecule is CO[C@@H]1C[C@@H](C(=O)N2CCC(Cc3ccccc3)CC2)N(C(=O)O)C1. The molecular formula is C19H26N2O4. The first-order chi connectivity index (χ1) is 12.1. The van der Waals surface area contributed by atoms with Crippen LogP contribution in [0, 0.1) is 5.92 Å². The number of hydrogen-bond acceptors (Lipinski definition) is 3. The van der Waals surface area contributed by atoms with Crippen LogP contribution in [0.4, 0.5) is 4.79 Å². The van der Waals surface area contributed by atoms with E-state index in [1.165, 1.54) is 10.5 Å². The van der Waals surface area contributed by atoms with Crippen LogP contribution in [0.3, 0.4) is 0 Å². The number of nitrogens with zero attached hydrogens (tertiary/aromatic N) is 2. The summed E-state index contributed by atoms with van der Waals surface area (Å²) in [5.74, 6) is 0.512. The van der Waals surface area contributed by atoms with Crippen molar-refractivity contribution < 1.29 is 19.4 Å². The molecule has 2 aliphatic rings. The Morgan fingerprint density at radius 1 is 1.20 bits per heavy atom. The van der Waals surface area contributed by atoms with E-state index in [0.717, 1.165) is 19.3 Å². The Kier molecular flexibility index (Phi) is 5.58. The Labute approximate surface area is 148 Å². The van der Waals surface area contributed by atoms with E-state index in [9.17, 15) is 14.7 Å². The highest BCUT2D eigenvalue weighted by Crippen LogP contribution is 2.26. The molecule has 2 saturated heterocycles. The molecule has 0 radical (unpaired) electrons. The van der Waals surface area contributed by atoms with Gasteiger partial charge in [-0.05, 0) is 30.7 Å². The predicted molar refractivity (Wildman–Crippen MR) is 93.4 cm³/mol. The number of benzene rings is 1. The second kappa shape index (κ2) is 7.87. The van der Waals surface area contributed by atoms with E-state index >= 15 is 0 Å². The number of carbonyl (C=O) groups excluding carboxylic acids is 1. The van der Waals surface area contributed by atoms with E-state index in [2.05, 4.69) is 24.3 Å². The van der Waals surface area contributed by atoms with Crippen molar-refractivity contribution in [3.05, 3.63) is 35.9 Å².